The summed E-state index contributed by atoms with van der Waals surface area (Å²) in [5, 5.41) is 0. The van der Waals surface area contributed by atoms with Crippen LogP contribution in [0.3, 0.4) is 0 Å². The van der Waals surface area contributed by atoms with E-state index in [9.17, 15) is 0 Å². The van der Waals surface area contributed by atoms with Gasteiger partial charge in [-0.1, -0.05) is 28.1 Å². The van der Waals surface area contributed by atoms with E-state index in [1.807, 2.05) is 0 Å². The molecule has 0 saturated carbocycles. The minimum Gasteiger partial charge on any atom is -0.362 e. The zero-order chi connectivity index (χ0) is 17.4. The van der Waals surface area contributed by atoms with Gasteiger partial charge in [0, 0.05) is 40.2 Å². The predicted molar refractivity (Wildman–Crippen MR) is 110 cm³/mol. The van der Waals surface area contributed by atoms with Gasteiger partial charge in [0.15, 0.2) is 0 Å². The highest BCUT2D eigenvalue weighted by molar-refractivity contribution is 9.10. The quantitative estimate of drug-likeness (QED) is 0.598. The molecule has 0 atom stereocenters. The number of rotatable bonds is 2. The summed E-state index contributed by atoms with van der Waals surface area (Å²) in [5.74, 6) is 0. The van der Waals surface area contributed by atoms with E-state index < -0.39 is 0 Å². The van der Waals surface area contributed by atoms with Crippen LogP contribution in [0.4, 0.5) is 0 Å². The van der Waals surface area contributed by atoms with E-state index in [2.05, 4.69) is 71.3 Å². The molecule has 1 fully saturated rings. The lowest BCUT2D eigenvalue weighted by Crippen LogP contribution is -2.35. The zero-order valence-corrected chi connectivity index (χ0v) is 17.4. The van der Waals surface area contributed by atoms with Gasteiger partial charge in [-0.05, 0) is 76.3 Å². The highest BCUT2D eigenvalue weighted by Gasteiger charge is 2.20. The van der Waals surface area contributed by atoms with Crippen LogP contribution in [0.15, 0.2) is 22.7 Å². The Morgan fingerprint density at radius 3 is 2.12 bits per heavy atom. The smallest absolute Gasteiger partial charge is 0.111 e. The topological polar surface area (TPSA) is 8.17 Å². The van der Waals surface area contributed by atoms with Crippen LogP contribution in [0, 0.1) is 27.7 Å². The summed E-state index contributed by atoms with van der Waals surface area (Å²) < 4.78 is 3.52. The lowest BCUT2D eigenvalue weighted by Gasteiger charge is -2.29. The first-order chi connectivity index (χ1) is 11.4. The number of benzene rings is 1. The van der Waals surface area contributed by atoms with Crippen molar-refractivity contribution in [3.8, 4) is 5.69 Å². The van der Waals surface area contributed by atoms with Crippen LogP contribution >= 0.6 is 28.1 Å². The summed E-state index contributed by atoms with van der Waals surface area (Å²) in [5.41, 5.74) is 7.43. The van der Waals surface area contributed by atoms with Crippen molar-refractivity contribution in [2.45, 2.75) is 47.0 Å². The lowest BCUT2D eigenvalue weighted by atomic mass is 10.1. The second-order valence-electron chi connectivity index (χ2n) is 6.87. The Morgan fingerprint density at radius 2 is 1.54 bits per heavy atom. The number of thiocarbonyl (C=S) groups is 1. The van der Waals surface area contributed by atoms with Gasteiger partial charge in [-0.3, -0.25) is 0 Å². The van der Waals surface area contributed by atoms with Gasteiger partial charge in [0.2, 0.25) is 0 Å². The van der Waals surface area contributed by atoms with Gasteiger partial charge in [-0.15, -0.1) is 0 Å². The molecule has 0 N–H and O–H groups in total. The van der Waals surface area contributed by atoms with Crippen LogP contribution in [0.25, 0.3) is 5.69 Å². The van der Waals surface area contributed by atoms with Gasteiger partial charge < -0.3 is 9.47 Å². The second-order valence-corrected chi connectivity index (χ2v) is 8.05. The fourth-order valence-corrected chi connectivity index (χ4v) is 4.31. The van der Waals surface area contributed by atoms with Gasteiger partial charge in [0.25, 0.3) is 0 Å². The van der Waals surface area contributed by atoms with Gasteiger partial charge in [0.05, 0.1) is 0 Å². The van der Waals surface area contributed by atoms with Crippen molar-refractivity contribution >= 4 is 33.1 Å². The standard InChI is InChI=1S/C20H25BrN2S/c1-13-10-17(11-14(2)19(13)21)23-15(3)12-18(16(23)4)20(24)22-8-6-5-7-9-22/h10-12H,5-9H2,1-4H3. The van der Waals surface area contributed by atoms with Crippen molar-refractivity contribution < 1.29 is 0 Å². The van der Waals surface area contributed by atoms with E-state index in [0.717, 1.165) is 18.1 Å². The molecule has 0 bridgehead atoms. The highest BCUT2D eigenvalue weighted by atomic mass is 79.9. The first-order valence-corrected chi connectivity index (χ1v) is 9.85. The summed E-state index contributed by atoms with van der Waals surface area (Å²) in [6.07, 6.45) is 3.84. The molecule has 4 heteroatoms. The van der Waals surface area contributed by atoms with Crippen molar-refractivity contribution in [3.63, 3.8) is 0 Å². The predicted octanol–water partition coefficient (Wildman–Crippen LogP) is 5.63. The average molecular weight is 405 g/mol. The molecular weight excluding hydrogens is 380 g/mol. The zero-order valence-electron chi connectivity index (χ0n) is 14.9. The molecule has 0 unspecified atom stereocenters. The maximum atomic E-state index is 5.83. The van der Waals surface area contributed by atoms with Crippen LogP contribution in [0.5, 0.6) is 0 Å². The molecule has 24 heavy (non-hydrogen) atoms. The third kappa shape index (κ3) is 3.18. The molecule has 1 aromatic carbocycles. The molecule has 0 aliphatic carbocycles. The molecule has 1 aliphatic heterocycles. The van der Waals surface area contributed by atoms with E-state index in [1.54, 1.807) is 0 Å². The third-order valence-corrected chi connectivity index (χ3v) is 6.71. The Kier molecular flexibility index (Phi) is 5.16. The highest BCUT2D eigenvalue weighted by Crippen LogP contribution is 2.28. The molecule has 1 aliphatic rings. The molecule has 2 nitrogen and oxygen atoms in total. The van der Waals surface area contributed by atoms with E-state index in [1.165, 1.54) is 57.5 Å². The van der Waals surface area contributed by atoms with Crippen molar-refractivity contribution in [1.29, 1.82) is 0 Å². The number of hydrogen-bond donors (Lipinski definition) is 0. The van der Waals surface area contributed by atoms with Crippen LogP contribution in [-0.4, -0.2) is 27.5 Å². The van der Waals surface area contributed by atoms with Crippen molar-refractivity contribution in [2.24, 2.45) is 0 Å². The Bertz CT molecular complexity index is 762. The Hall–Kier alpha value is -1.13. The normalized spacial score (nSPS) is 15.0. The third-order valence-electron chi connectivity index (χ3n) is 4.98. The molecule has 0 spiro atoms. The minimum absolute atomic E-state index is 1.01. The summed E-state index contributed by atoms with van der Waals surface area (Å²) in [7, 11) is 0. The monoisotopic (exact) mass is 404 g/mol. The summed E-state index contributed by atoms with van der Waals surface area (Å²) in [6, 6.07) is 6.73. The SMILES string of the molecule is Cc1cc(-n2c(C)cc(C(=S)N3CCCCC3)c2C)cc(C)c1Br. The fraction of sp³-hybridized carbons (Fsp3) is 0.450. The van der Waals surface area contributed by atoms with Gasteiger partial charge in [-0.25, -0.2) is 0 Å². The second kappa shape index (κ2) is 7.01. The molecule has 3 rings (SSSR count). The van der Waals surface area contributed by atoms with E-state index in [0.29, 0.717) is 0 Å². The average Bonchev–Trinajstić information content (AvgIpc) is 2.87. The molecule has 2 heterocycles. The van der Waals surface area contributed by atoms with Crippen LogP contribution in [-0.2, 0) is 0 Å². The number of halogens is 1. The van der Waals surface area contributed by atoms with Crippen molar-refractivity contribution in [2.75, 3.05) is 13.1 Å². The van der Waals surface area contributed by atoms with Crippen molar-refractivity contribution in [3.05, 3.63) is 50.8 Å². The first kappa shape index (κ1) is 17.7. The van der Waals surface area contributed by atoms with Crippen LogP contribution < -0.4 is 0 Å². The number of piperidine rings is 1. The molecule has 1 aromatic heterocycles. The summed E-state index contributed by atoms with van der Waals surface area (Å²) in [6.45, 7) is 10.8. The number of likely N-dealkylation sites (tertiary alicyclic amines) is 1. The minimum atomic E-state index is 1.01. The van der Waals surface area contributed by atoms with Crippen LogP contribution in [0.1, 0.15) is 47.3 Å². The molecule has 2 aromatic rings. The fourth-order valence-electron chi connectivity index (χ4n) is 3.70. The van der Waals surface area contributed by atoms with Crippen molar-refractivity contribution in [1.82, 2.24) is 9.47 Å². The molecule has 128 valence electrons. The largest absolute Gasteiger partial charge is 0.362 e. The molecular formula is C20H25BrN2S. The van der Waals surface area contributed by atoms with Gasteiger partial charge in [0.1, 0.15) is 4.99 Å². The number of aryl methyl sites for hydroxylation is 3. The lowest BCUT2D eigenvalue weighted by molar-refractivity contribution is 0.347. The maximum absolute atomic E-state index is 5.83. The van der Waals surface area contributed by atoms with E-state index in [4.69, 9.17) is 12.2 Å². The summed E-state index contributed by atoms with van der Waals surface area (Å²) in [4.78, 5) is 3.39. The Labute approximate surface area is 159 Å². The number of aromatic nitrogens is 1. The van der Waals surface area contributed by atoms with E-state index >= 15 is 0 Å². The van der Waals surface area contributed by atoms with Gasteiger partial charge in [-0.2, -0.15) is 0 Å². The molecule has 1 saturated heterocycles. The Balaban J connectivity index is 2.02. The van der Waals surface area contributed by atoms with Crippen LogP contribution in [0.2, 0.25) is 0 Å². The maximum Gasteiger partial charge on any atom is 0.111 e. The van der Waals surface area contributed by atoms with E-state index in [-0.39, 0.29) is 0 Å². The molecule has 0 amide bonds. The summed E-state index contributed by atoms with van der Waals surface area (Å²) >= 11 is 9.49. The Morgan fingerprint density at radius 1 is 0.958 bits per heavy atom. The molecule has 0 radical (unpaired) electrons. The first-order valence-electron chi connectivity index (χ1n) is 8.65. The van der Waals surface area contributed by atoms with Gasteiger partial charge >= 0.3 is 0 Å². The number of nitrogens with zero attached hydrogens (tertiary/aromatic N) is 2. The number of hydrogen-bond acceptors (Lipinski definition) is 1.